The molecule has 2 aromatic rings. The van der Waals surface area contributed by atoms with E-state index in [1.165, 1.54) is 17.0 Å². The van der Waals surface area contributed by atoms with Crippen molar-refractivity contribution in [2.45, 2.75) is 4.90 Å². The van der Waals surface area contributed by atoms with E-state index >= 15 is 0 Å². The molecule has 2 N–H and O–H groups in total. The molecule has 120 valence electrons. The molecule has 0 saturated heterocycles. The lowest BCUT2D eigenvalue weighted by molar-refractivity contribution is 0.102. The molecule has 23 heavy (non-hydrogen) atoms. The van der Waals surface area contributed by atoms with Gasteiger partial charge >= 0.3 is 0 Å². The number of aromatic hydroxyl groups is 1. The van der Waals surface area contributed by atoms with Crippen LogP contribution in [0.15, 0.2) is 51.8 Å². The molecule has 2 amide bonds. The molecule has 0 aliphatic rings. The predicted octanol–water partition coefficient (Wildman–Crippen LogP) is 4.18. The zero-order valence-corrected chi connectivity index (χ0v) is 14.9. The molecular formula is C16H15BrN2O3S. The lowest BCUT2D eigenvalue weighted by atomic mass is 10.2. The molecule has 0 radical (unpaired) electrons. The fraction of sp³-hybridized carbons (Fsp3) is 0.125. The smallest absolute Gasteiger partial charge is 0.285 e. The summed E-state index contributed by atoms with van der Waals surface area (Å²) in [5.41, 5.74) is 0.772. The van der Waals surface area contributed by atoms with Crippen LogP contribution >= 0.6 is 27.7 Å². The molecule has 0 spiro atoms. The molecule has 0 saturated carbocycles. The Labute approximate surface area is 146 Å². The second-order valence-corrected chi connectivity index (χ2v) is 6.84. The van der Waals surface area contributed by atoms with Crippen molar-refractivity contribution < 1.29 is 14.7 Å². The minimum atomic E-state index is -0.403. The Hall–Kier alpha value is -1.99. The third-order valence-corrected chi connectivity index (χ3v) is 4.43. The SMILES string of the molecule is CN(C)C(=O)Sc1ccc(NC(=O)c2ccc(Br)cc2O)cc1. The van der Waals surface area contributed by atoms with Crippen LogP contribution < -0.4 is 5.32 Å². The van der Waals surface area contributed by atoms with Gasteiger partial charge in [-0.05, 0) is 54.2 Å². The van der Waals surface area contributed by atoms with Crippen molar-refractivity contribution in [1.29, 1.82) is 0 Å². The summed E-state index contributed by atoms with van der Waals surface area (Å²) in [6.07, 6.45) is 0. The van der Waals surface area contributed by atoms with Crippen LogP contribution in [0.4, 0.5) is 10.5 Å². The standard InChI is InChI=1S/C16H15BrN2O3S/c1-19(2)16(22)23-12-6-4-11(5-7-12)18-15(21)13-8-3-10(17)9-14(13)20/h3-9,20H,1-2H3,(H,18,21). The molecule has 2 rings (SSSR count). The van der Waals surface area contributed by atoms with Crippen LogP contribution in [0.25, 0.3) is 0 Å². The van der Waals surface area contributed by atoms with Gasteiger partial charge in [0.05, 0.1) is 5.56 Å². The number of thioether (sulfide) groups is 1. The highest BCUT2D eigenvalue weighted by Gasteiger charge is 2.12. The summed E-state index contributed by atoms with van der Waals surface area (Å²) < 4.78 is 0.693. The molecule has 0 aromatic heterocycles. The zero-order chi connectivity index (χ0) is 17.0. The third-order valence-electron chi connectivity index (χ3n) is 2.89. The summed E-state index contributed by atoms with van der Waals surface area (Å²) in [5, 5.41) is 12.4. The van der Waals surface area contributed by atoms with Gasteiger partial charge in [-0.3, -0.25) is 9.59 Å². The van der Waals surface area contributed by atoms with Gasteiger partial charge in [0, 0.05) is 29.2 Å². The van der Waals surface area contributed by atoms with Gasteiger partial charge in [0.25, 0.3) is 11.1 Å². The van der Waals surface area contributed by atoms with Gasteiger partial charge in [0.1, 0.15) is 5.75 Å². The van der Waals surface area contributed by atoms with Crippen molar-refractivity contribution >= 4 is 44.5 Å². The number of amides is 2. The van der Waals surface area contributed by atoms with Crippen LogP contribution in [-0.2, 0) is 0 Å². The minimum absolute atomic E-state index is 0.0680. The molecule has 0 unspecified atom stereocenters. The second kappa shape index (κ2) is 7.52. The van der Waals surface area contributed by atoms with Crippen LogP contribution in [0.2, 0.25) is 0 Å². The van der Waals surface area contributed by atoms with Gasteiger partial charge in [0.15, 0.2) is 0 Å². The van der Waals surface area contributed by atoms with Crippen molar-refractivity contribution in [3.63, 3.8) is 0 Å². The lowest BCUT2D eigenvalue weighted by Crippen LogP contribution is -2.16. The normalized spacial score (nSPS) is 10.2. The number of anilines is 1. The van der Waals surface area contributed by atoms with Crippen molar-refractivity contribution in [3.05, 3.63) is 52.5 Å². The number of phenolic OH excluding ortho intramolecular Hbond substituents is 1. The highest BCUT2D eigenvalue weighted by atomic mass is 79.9. The molecule has 0 atom stereocenters. The lowest BCUT2D eigenvalue weighted by Gasteiger charge is -2.10. The van der Waals surface area contributed by atoms with Crippen LogP contribution in [0.3, 0.4) is 0 Å². The molecule has 2 aromatic carbocycles. The Morgan fingerprint density at radius 2 is 1.78 bits per heavy atom. The molecule has 0 bridgehead atoms. The number of hydrogen-bond acceptors (Lipinski definition) is 4. The highest BCUT2D eigenvalue weighted by molar-refractivity contribution is 9.10. The second-order valence-electron chi connectivity index (χ2n) is 4.90. The topological polar surface area (TPSA) is 69.6 Å². The van der Waals surface area contributed by atoms with E-state index in [9.17, 15) is 14.7 Å². The molecule has 0 aliphatic heterocycles. The van der Waals surface area contributed by atoms with Gasteiger partial charge in [-0.2, -0.15) is 0 Å². The Bertz CT molecular complexity index is 733. The molecular weight excluding hydrogens is 380 g/mol. The molecule has 0 aliphatic carbocycles. The number of nitrogens with zero attached hydrogens (tertiary/aromatic N) is 1. The number of benzene rings is 2. The van der Waals surface area contributed by atoms with Crippen LogP contribution in [0.5, 0.6) is 5.75 Å². The number of nitrogens with one attached hydrogen (secondary N) is 1. The highest BCUT2D eigenvalue weighted by Crippen LogP contribution is 2.25. The van der Waals surface area contributed by atoms with Crippen molar-refractivity contribution in [2.24, 2.45) is 0 Å². The largest absolute Gasteiger partial charge is 0.507 e. The number of hydrogen-bond donors (Lipinski definition) is 2. The van der Waals surface area contributed by atoms with E-state index in [2.05, 4.69) is 21.2 Å². The summed E-state index contributed by atoms with van der Waals surface area (Å²) in [5.74, 6) is -0.500. The van der Waals surface area contributed by atoms with Crippen molar-refractivity contribution in [1.82, 2.24) is 4.90 Å². The molecule has 7 heteroatoms. The maximum atomic E-state index is 12.1. The summed E-state index contributed by atoms with van der Waals surface area (Å²) in [6, 6.07) is 11.6. The maximum Gasteiger partial charge on any atom is 0.285 e. The molecule has 5 nitrogen and oxygen atoms in total. The van der Waals surface area contributed by atoms with E-state index in [1.54, 1.807) is 44.4 Å². The first-order chi connectivity index (χ1) is 10.9. The first-order valence-corrected chi connectivity index (χ1v) is 8.27. The number of carbonyl (C=O) groups is 2. The van der Waals surface area contributed by atoms with Gasteiger partial charge in [-0.1, -0.05) is 15.9 Å². The molecule has 0 fully saturated rings. The summed E-state index contributed by atoms with van der Waals surface area (Å²) in [7, 11) is 3.38. The van der Waals surface area contributed by atoms with Gasteiger partial charge < -0.3 is 15.3 Å². The number of carbonyl (C=O) groups excluding carboxylic acids is 2. The Morgan fingerprint density at radius 1 is 1.13 bits per heavy atom. The minimum Gasteiger partial charge on any atom is -0.507 e. The summed E-state index contributed by atoms with van der Waals surface area (Å²) in [4.78, 5) is 26.0. The number of phenols is 1. The van der Waals surface area contributed by atoms with Gasteiger partial charge in [-0.25, -0.2) is 0 Å². The number of rotatable bonds is 3. The quantitative estimate of drug-likeness (QED) is 0.765. The first kappa shape index (κ1) is 17.4. The number of halogens is 1. The van der Waals surface area contributed by atoms with E-state index in [0.29, 0.717) is 10.2 Å². The van der Waals surface area contributed by atoms with Crippen LogP contribution in [-0.4, -0.2) is 35.2 Å². The van der Waals surface area contributed by atoms with E-state index in [0.717, 1.165) is 16.7 Å². The summed E-state index contributed by atoms with van der Waals surface area (Å²) >= 11 is 4.33. The van der Waals surface area contributed by atoms with Gasteiger partial charge in [-0.15, -0.1) is 0 Å². The first-order valence-electron chi connectivity index (χ1n) is 6.66. The predicted molar refractivity (Wildman–Crippen MR) is 95.1 cm³/mol. The fourth-order valence-corrected chi connectivity index (χ4v) is 2.70. The van der Waals surface area contributed by atoms with E-state index < -0.39 is 5.91 Å². The Kier molecular flexibility index (Phi) is 5.68. The average Bonchev–Trinajstić information content (AvgIpc) is 2.48. The van der Waals surface area contributed by atoms with Crippen LogP contribution in [0.1, 0.15) is 10.4 Å². The average molecular weight is 395 g/mol. The Balaban J connectivity index is 2.06. The van der Waals surface area contributed by atoms with Crippen molar-refractivity contribution in [3.8, 4) is 5.75 Å². The van der Waals surface area contributed by atoms with E-state index in [-0.39, 0.29) is 16.6 Å². The van der Waals surface area contributed by atoms with Crippen molar-refractivity contribution in [2.75, 3.05) is 19.4 Å². The zero-order valence-electron chi connectivity index (χ0n) is 12.5. The Morgan fingerprint density at radius 3 is 2.35 bits per heavy atom. The third kappa shape index (κ3) is 4.74. The van der Waals surface area contributed by atoms with Crippen LogP contribution in [0, 0.1) is 0 Å². The summed E-state index contributed by atoms with van der Waals surface area (Å²) in [6.45, 7) is 0. The molecule has 0 heterocycles. The maximum absolute atomic E-state index is 12.1. The van der Waals surface area contributed by atoms with E-state index in [4.69, 9.17) is 0 Å². The van der Waals surface area contributed by atoms with Gasteiger partial charge in [0.2, 0.25) is 0 Å². The van der Waals surface area contributed by atoms with E-state index in [1.807, 2.05) is 0 Å². The monoisotopic (exact) mass is 394 g/mol. The fourth-order valence-electron chi connectivity index (χ4n) is 1.69.